The lowest BCUT2D eigenvalue weighted by Crippen LogP contribution is -1.82. The smallest absolute Gasteiger partial charge is 0.128 e. The van der Waals surface area contributed by atoms with Crippen LogP contribution in [0, 0.1) is 0 Å². The fourth-order valence-corrected chi connectivity index (χ4v) is 2.04. The Morgan fingerprint density at radius 2 is 1.73 bits per heavy atom. The minimum atomic E-state index is 0.921. The number of hydrogen-bond acceptors (Lipinski definition) is 1. The first-order valence-electron chi connectivity index (χ1n) is 4.93. The van der Waals surface area contributed by atoms with E-state index in [0.29, 0.717) is 0 Å². The van der Waals surface area contributed by atoms with Crippen LogP contribution in [0.2, 0.25) is 0 Å². The van der Waals surface area contributed by atoms with Crippen molar-refractivity contribution in [2.45, 2.75) is 0 Å². The minimum Gasteiger partial charge on any atom is -0.496 e. The highest BCUT2D eigenvalue weighted by atomic mass is 16.5. The van der Waals surface area contributed by atoms with Crippen molar-refractivity contribution in [3.8, 4) is 5.75 Å². The summed E-state index contributed by atoms with van der Waals surface area (Å²) in [5.41, 5.74) is 2.27. The van der Waals surface area contributed by atoms with Gasteiger partial charge >= 0.3 is 0 Å². The van der Waals surface area contributed by atoms with Gasteiger partial charge in [-0.2, -0.15) is 0 Å². The Balaban J connectivity index is 2.56. The molecule has 0 bridgehead atoms. The van der Waals surface area contributed by atoms with Gasteiger partial charge in [-0.25, -0.2) is 0 Å². The number of para-hydroxylation sites is 1. The van der Waals surface area contributed by atoms with Gasteiger partial charge in [0.1, 0.15) is 5.75 Å². The standard InChI is InChI=1S/C13H11NO/c1-15-12-8-4-7-11-13(12)9-5-2-3-6-10(9)14-11/h2-8,14H,1H3. The fraction of sp³-hybridized carbons (Fsp3) is 0.0769. The SMILES string of the molecule is COc1cccc2[nH]c3ccccc3c12. The van der Waals surface area contributed by atoms with Crippen LogP contribution in [-0.4, -0.2) is 12.1 Å². The molecule has 15 heavy (non-hydrogen) atoms. The van der Waals surface area contributed by atoms with Crippen molar-refractivity contribution in [2.75, 3.05) is 7.11 Å². The zero-order chi connectivity index (χ0) is 10.3. The molecule has 2 nitrogen and oxygen atoms in total. The highest BCUT2D eigenvalue weighted by Crippen LogP contribution is 2.32. The van der Waals surface area contributed by atoms with Gasteiger partial charge in [0.05, 0.1) is 12.6 Å². The first-order chi connectivity index (χ1) is 7.40. The van der Waals surface area contributed by atoms with Gasteiger partial charge in [-0.3, -0.25) is 0 Å². The zero-order valence-corrected chi connectivity index (χ0v) is 8.45. The van der Waals surface area contributed by atoms with E-state index in [4.69, 9.17) is 4.74 Å². The van der Waals surface area contributed by atoms with Gasteiger partial charge in [0.15, 0.2) is 0 Å². The number of benzene rings is 2. The number of aromatic nitrogens is 1. The van der Waals surface area contributed by atoms with Crippen molar-refractivity contribution in [1.82, 2.24) is 4.98 Å². The summed E-state index contributed by atoms with van der Waals surface area (Å²) in [7, 11) is 1.70. The Hall–Kier alpha value is -1.96. The molecule has 0 atom stereocenters. The predicted octanol–water partition coefficient (Wildman–Crippen LogP) is 3.33. The van der Waals surface area contributed by atoms with Gasteiger partial charge in [-0.15, -0.1) is 0 Å². The molecule has 3 rings (SSSR count). The molecule has 3 aromatic rings. The van der Waals surface area contributed by atoms with E-state index in [1.54, 1.807) is 7.11 Å². The normalized spacial score (nSPS) is 11.0. The van der Waals surface area contributed by atoms with Crippen LogP contribution in [0.1, 0.15) is 0 Å². The highest BCUT2D eigenvalue weighted by molar-refractivity contribution is 6.10. The molecule has 2 heteroatoms. The summed E-state index contributed by atoms with van der Waals surface area (Å²) in [5.74, 6) is 0.921. The molecule has 0 aliphatic heterocycles. The monoisotopic (exact) mass is 197 g/mol. The second-order valence-corrected chi connectivity index (χ2v) is 3.55. The molecule has 0 spiro atoms. The number of methoxy groups -OCH3 is 1. The van der Waals surface area contributed by atoms with Gasteiger partial charge in [-0.05, 0) is 18.2 Å². The maximum atomic E-state index is 5.37. The van der Waals surface area contributed by atoms with Crippen LogP contribution in [-0.2, 0) is 0 Å². The van der Waals surface area contributed by atoms with Crippen molar-refractivity contribution in [3.05, 3.63) is 42.5 Å². The molecular weight excluding hydrogens is 186 g/mol. The van der Waals surface area contributed by atoms with Crippen molar-refractivity contribution in [1.29, 1.82) is 0 Å². The van der Waals surface area contributed by atoms with Crippen LogP contribution in [0.5, 0.6) is 5.75 Å². The molecule has 0 unspecified atom stereocenters. The maximum Gasteiger partial charge on any atom is 0.128 e. The lowest BCUT2D eigenvalue weighted by atomic mass is 10.1. The summed E-state index contributed by atoms with van der Waals surface area (Å²) in [6.07, 6.45) is 0. The van der Waals surface area contributed by atoms with E-state index in [-0.39, 0.29) is 0 Å². The van der Waals surface area contributed by atoms with Gasteiger partial charge in [0.25, 0.3) is 0 Å². The van der Waals surface area contributed by atoms with Gasteiger partial charge in [-0.1, -0.05) is 24.3 Å². The second kappa shape index (κ2) is 3.02. The number of fused-ring (bicyclic) bond motifs is 3. The van der Waals surface area contributed by atoms with Gasteiger partial charge in [0.2, 0.25) is 0 Å². The van der Waals surface area contributed by atoms with E-state index in [0.717, 1.165) is 22.2 Å². The third-order valence-electron chi connectivity index (χ3n) is 2.71. The van der Waals surface area contributed by atoms with Crippen molar-refractivity contribution in [2.24, 2.45) is 0 Å². The van der Waals surface area contributed by atoms with Crippen LogP contribution in [0.25, 0.3) is 21.8 Å². The third kappa shape index (κ3) is 1.11. The Labute approximate surface area is 87.5 Å². The molecule has 2 aromatic carbocycles. The fourth-order valence-electron chi connectivity index (χ4n) is 2.04. The van der Waals surface area contributed by atoms with Crippen LogP contribution in [0.15, 0.2) is 42.5 Å². The number of ether oxygens (including phenoxy) is 1. The summed E-state index contributed by atoms with van der Waals surface area (Å²) in [6.45, 7) is 0. The largest absolute Gasteiger partial charge is 0.496 e. The molecule has 1 heterocycles. The molecule has 0 aliphatic carbocycles. The average Bonchev–Trinajstić information content (AvgIpc) is 2.67. The number of nitrogens with one attached hydrogen (secondary N) is 1. The van der Waals surface area contributed by atoms with E-state index in [2.05, 4.69) is 23.2 Å². The Morgan fingerprint density at radius 3 is 2.60 bits per heavy atom. The Kier molecular flexibility index (Phi) is 1.68. The van der Waals surface area contributed by atoms with Crippen molar-refractivity contribution >= 4 is 21.8 Å². The molecule has 0 radical (unpaired) electrons. The molecule has 0 saturated heterocycles. The number of rotatable bonds is 1. The predicted molar refractivity (Wildman–Crippen MR) is 62.4 cm³/mol. The van der Waals surface area contributed by atoms with E-state index >= 15 is 0 Å². The topological polar surface area (TPSA) is 25.0 Å². The summed E-state index contributed by atoms with van der Waals surface area (Å²) in [5, 5.41) is 2.38. The van der Waals surface area contributed by atoms with E-state index < -0.39 is 0 Å². The van der Waals surface area contributed by atoms with Crippen LogP contribution < -0.4 is 4.74 Å². The van der Waals surface area contributed by atoms with E-state index in [1.807, 2.05) is 24.3 Å². The molecule has 0 aliphatic rings. The lowest BCUT2D eigenvalue weighted by Gasteiger charge is -2.00. The molecular formula is C13H11NO. The number of aromatic amines is 1. The molecule has 74 valence electrons. The molecule has 1 aromatic heterocycles. The number of hydrogen-bond donors (Lipinski definition) is 1. The summed E-state index contributed by atoms with van der Waals surface area (Å²) in [6, 6.07) is 14.3. The van der Waals surface area contributed by atoms with Crippen molar-refractivity contribution < 1.29 is 4.74 Å². The first-order valence-corrected chi connectivity index (χ1v) is 4.93. The van der Waals surface area contributed by atoms with Crippen LogP contribution in [0.3, 0.4) is 0 Å². The lowest BCUT2D eigenvalue weighted by molar-refractivity contribution is 0.420. The molecule has 0 amide bonds. The van der Waals surface area contributed by atoms with E-state index in [1.165, 1.54) is 5.39 Å². The van der Waals surface area contributed by atoms with Crippen LogP contribution in [0.4, 0.5) is 0 Å². The summed E-state index contributed by atoms with van der Waals surface area (Å²) < 4.78 is 5.37. The maximum absolute atomic E-state index is 5.37. The number of H-pyrrole nitrogens is 1. The summed E-state index contributed by atoms with van der Waals surface area (Å²) in [4.78, 5) is 3.37. The second-order valence-electron chi connectivity index (χ2n) is 3.55. The molecule has 1 N–H and O–H groups in total. The molecule has 0 fully saturated rings. The third-order valence-corrected chi connectivity index (χ3v) is 2.71. The van der Waals surface area contributed by atoms with Gasteiger partial charge < -0.3 is 9.72 Å². The van der Waals surface area contributed by atoms with Gasteiger partial charge in [0, 0.05) is 16.3 Å². The van der Waals surface area contributed by atoms with Crippen LogP contribution >= 0.6 is 0 Å². The van der Waals surface area contributed by atoms with E-state index in [9.17, 15) is 0 Å². The Morgan fingerprint density at radius 1 is 0.933 bits per heavy atom. The van der Waals surface area contributed by atoms with Crippen molar-refractivity contribution in [3.63, 3.8) is 0 Å². The average molecular weight is 197 g/mol. The summed E-state index contributed by atoms with van der Waals surface area (Å²) >= 11 is 0. The zero-order valence-electron chi connectivity index (χ0n) is 8.45. The highest BCUT2D eigenvalue weighted by Gasteiger charge is 2.07. The Bertz CT molecular complexity index is 625. The quantitative estimate of drug-likeness (QED) is 0.636. The first kappa shape index (κ1) is 8.36. The molecule has 0 saturated carbocycles. The minimum absolute atomic E-state index is 0.921.